The van der Waals surface area contributed by atoms with E-state index in [-0.39, 0.29) is 17.3 Å². The Hall–Kier alpha value is -2.20. The van der Waals surface area contributed by atoms with Gasteiger partial charge in [-0.1, -0.05) is 55.1 Å². The highest BCUT2D eigenvalue weighted by Gasteiger charge is 2.32. The summed E-state index contributed by atoms with van der Waals surface area (Å²) in [5.74, 6) is 1.35. The fraction of sp³-hybridized carbons (Fsp3) is 0.250. The van der Waals surface area contributed by atoms with Crippen molar-refractivity contribution in [2.75, 3.05) is 12.4 Å². The van der Waals surface area contributed by atoms with E-state index in [2.05, 4.69) is 6.58 Å². The van der Waals surface area contributed by atoms with E-state index in [4.69, 9.17) is 9.47 Å². The molecule has 4 heteroatoms. The molecule has 0 N–H and O–H groups in total. The smallest absolute Gasteiger partial charge is 0.338 e. The van der Waals surface area contributed by atoms with Crippen molar-refractivity contribution in [3.8, 4) is 0 Å². The maximum Gasteiger partial charge on any atom is 0.338 e. The molecule has 0 aliphatic carbocycles. The fourth-order valence-corrected chi connectivity index (χ4v) is 3.83. The van der Waals surface area contributed by atoms with E-state index in [0.717, 1.165) is 17.7 Å². The normalized spacial score (nSPS) is 19.7. The number of hydrogen-bond donors (Lipinski definition) is 0. The zero-order valence-electron chi connectivity index (χ0n) is 13.4. The van der Waals surface area contributed by atoms with Crippen LogP contribution in [0.4, 0.5) is 0 Å². The molecule has 2 aromatic rings. The minimum absolute atomic E-state index is 0.119. The Morgan fingerprint density at radius 2 is 1.67 bits per heavy atom. The molecular weight excluding hydrogens is 320 g/mol. The van der Waals surface area contributed by atoms with Gasteiger partial charge in [0.25, 0.3) is 0 Å². The molecule has 1 unspecified atom stereocenters. The highest BCUT2D eigenvalue weighted by Crippen LogP contribution is 2.31. The highest BCUT2D eigenvalue weighted by atomic mass is 32.2. The predicted molar refractivity (Wildman–Crippen MR) is 97.9 cm³/mol. The van der Waals surface area contributed by atoms with E-state index in [9.17, 15) is 4.79 Å². The standard InChI is InChI=1S/C20H20O3S/c1-15(16-8-4-2-5-9-16)22-14-19-18(12-13-24-19)23-20(21)17-10-6-3-7-11-17/h2-11,18-19H,1,12-14H2/t18-,19?/m1/s1. The van der Waals surface area contributed by atoms with E-state index < -0.39 is 0 Å². The summed E-state index contributed by atoms with van der Waals surface area (Å²) < 4.78 is 11.5. The first kappa shape index (κ1) is 16.7. The van der Waals surface area contributed by atoms with E-state index in [1.807, 2.05) is 48.5 Å². The maximum absolute atomic E-state index is 12.2. The zero-order valence-corrected chi connectivity index (χ0v) is 14.2. The summed E-state index contributed by atoms with van der Waals surface area (Å²) >= 11 is 1.78. The molecular formula is C20H20O3S. The molecule has 3 rings (SSSR count). The Kier molecular flexibility index (Phi) is 5.59. The lowest BCUT2D eigenvalue weighted by atomic mass is 10.2. The molecule has 1 fully saturated rings. The molecule has 1 saturated heterocycles. The molecule has 0 bridgehead atoms. The lowest BCUT2D eigenvalue weighted by Crippen LogP contribution is -2.28. The number of thioether (sulfide) groups is 1. The summed E-state index contributed by atoms with van der Waals surface area (Å²) in [4.78, 5) is 12.2. The summed E-state index contributed by atoms with van der Waals surface area (Å²) in [6.45, 7) is 4.47. The van der Waals surface area contributed by atoms with Gasteiger partial charge < -0.3 is 9.47 Å². The first-order valence-electron chi connectivity index (χ1n) is 7.99. The van der Waals surface area contributed by atoms with Crippen molar-refractivity contribution >= 4 is 23.5 Å². The van der Waals surface area contributed by atoms with E-state index in [0.29, 0.717) is 17.9 Å². The number of ether oxygens (including phenoxy) is 2. The van der Waals surface area contributed by atoms with Crippen molar-refractivity contribution in [1.82, 2.24) is 0 Å². The predicted octanol–water partition coefficient (Wildman–Crippen LogP) is 4.41. The number of rotatable bonds is 6. The van der Waals surface area contributed by atoms with Crippen LogP contribution in [0, 0.1) is 0 Å². The Balaban J connectivity index is 1.54. The van der Waals surface area contributed by atoms with Crippen LogP contribution in [0.1, 0.15) is 22.3 Å². The molecule has 1 aliphatic rings. The lowest BCUT2D eigenvalue weighted by molar-refractivity contribution is 0.0273. The van der Waals surface area contributed by atoms with Crippen LogP contribution in [0.5, 0.6) is 0 Å². The minimum atomic E-state index is -0.269. The third-order valence-electron chi connectivity index (χ3n) is 3.93. The van der Waals surface area contributed by atoms with Gasteiger partial charge in [-0.05, 0) is 24.3 Å². The third-order valence-corrected chi connectivity index (χ3v) is 5.27. The Bertz CT molecular complexity index is 685. The van der Waals surface area contributed by atoms with Gasteiger partial charge in [-0.15, -0.1) is 0 Å². The van der Waals surface area contributed by atoms with E-state index in [1.165, 1.54) is 0 Å². The average Bonchev–Trinajstić information content (AvgIpc) is 3.08. The number of carbonyl (C=O) groups is 1. The Labute approximate surface area is 146 Å². The minimum Gasteiger partial charge on any atom is -0.492 e. The summed E-state index contributed by atoms with van der Waals surface area (Å²) in [6, 6.07) is 18.9. The maximum atomic E-state index is 12.2. The van der Waals surface area contributed by atoms with Gasteiger partial charge in [0.1, 0.15) is 18.5 Å². The molecule has 3 nitrogen and oxygen atoms in total. The van der Waals surface area contributed by atoms with Gasteiger partial charge in [0.15, 0.2) is 0 Å². The van der Waals surface area contributed by atoms with Crippen molar-refractivity contribution in [2.24, 2.45) is 0 Å². The van der Waals surface area contributed by atoms with Gasteiger partial charge in [-0.2, -0.15) is 11.8 Å². The van der Waals surface area contributed by atoms with Crippen molar-refractivity contribution in [3.63, 3.8) is 0 Å². The van der Waals surface area contributed by atoms with Gasteiger partial charge in [-0.3, -0.25) is 0 Å². The van der Waals surface area contributed by atoms with Crippen LogP contribution in [0.2, 0.25) is 0 Å². The molecule has 2 atom stereocenters. The van der Waals surface area contributed by atoms with Crippen LogP contribution in [-0.4, -0.2) is 29.7 Å². The van der Waals surface area contributed by atoms with Crippen molar-refractivity contribution < 1.29 is 14.3 Å². The molecule has 0 aromatic heterocycles. The number of carbonyl (C=O) groups excluding carboxylic acids is 1. The molecule has 24 heavy (non-hydrogen) atoms. The molecule has 0 saturated carbocycles. The van der Waals surface area contributed by atoms with E-state index >= 15 is 0 Å². The zero-order chi connectivity index (χ0) is 16.8. The quantitative estimate of drug-likeness (QED) is 0.576. The molecule has 124 valence electrons. The second-order valence-corrected chi connectivity index (χ2v) is 6.95. The first-order valence-corrected chi connectivity index (χ1v) is 9.03. The molecule has 1 aliphatic heterocycles. The monoisotopic (exact) mass is 340 g/mol. The van der Waals surface area contributed by atoms with Crippen LogP contribution in [0.25, 0.3) is 5.76 Å². The van der Waals surface area contributed by atoms with Gasteiger partial charge in [-0.25, -0.2) is 4.79 Å². The molecule has 1 heterocycles. The Morgan fingerprint density at radius 3 is 2.33 bits per heavy atom. The largest absolute Gasteiger partial charge is 0.492 e. The first-order chi connectivity index (χ1) is 11.7. The molecule has 2 aromatic carbocycles. The SMILES string of the molecule is C=C(OCC1SCC[C@H]1OC(=O)c1ccccc1)c1ccccc1. The summed E-state index contributed by atoms with van der Waals surface area (Å²) in [7, 11) is 0. The second kappa shape index (κ2) is 8.06. The second-order valence-electron chi connectivity index (χ2n) is 5.61. The van der Waals surface area contributed by atoms with E-state index in [1.54, 1.807) is 23.9 Å². The average molecular weight is 340 g/mol. The van der Waals surface area contributed by atoms with Crippen molar-refractivity contribution in [2.45, 2.75) is 17.8 Å². The van der Waals surface area contributed by atoms with Gasteiger partial charge in [0, 0.05) is 5.56 Å². The summed E-state index contributed by atoms with van der Waals surface area (Å²) in [6.07, 6.45) is 0.737. The fourth-order valence-electron chi connectivity index (χ4n) is 2.59. The molecule has 0 spiro atoms. The number of hydrogen-bond acceptors (Lipinski definition) is 4. The number of benzene rings is 2. The molecule has 0 radical (unpaired) electrons. The highest BCUT2D eigenvalue weighted by molar-refractivity contribution is 8.00. The topological polar surface area (TPSA) is 35.5 Å². The third kappa shape index (κ3) is 4.20. The number of esters is 1. The van der Waals surface area contributed by atoms with Crippen molar-refractivity contribution in [3.05, 3.63) is 78.4 Å². The van der Waals surface area contributed by atoms with Crippen molar-refractivity contribution in [1.29, 1.82) is 0 Å². The summed E-state index contributed by atoms with van der Waals surface area (Å²) in [5.41, 5.74) is 1.56. The van der Waals surface area contributed by atoms with Crippen LogP contribution >= 0.6 is 11.8 Å². The van der Waals surface area contributed by atoms with Crippen LogP contribution in [-0.2, 0) is 9.47 Å². The van der Waals surface area contributed by atoms with Gasteiger partial charge in [0.05, 0.1) is 10.8 Å². The van der Waals surface area contributed by atoms with Crippen LogP contribution < -0.4 is 0 Å². The lowest BCUT2D eigenvalue weighted by Gasteiger charge is -2.20. The van der Waals surface area contributed by atoms with Gasteiger partial charge in [0.2, 0.25) is 0 Å². The summed E-state index contributed by atoms with van der Waals surface area (Å²) in [5, 5.41) is 0.137. The van der Waals surface area contributed by atoms with Crippen LogP contribution in [0.3, 0.4) is 0 Å². The van der Waals surface area contributed by atoms with Crippen LogP contribution in [0.15, 0.2) is 67.2 Å². The molecule has 0 amide bonds. The van der Waals surface area contributed by atoms with Gasteiger partial charge >= 0.3 is 5.97 Å². The Morgan fingerprint density at radius 1 is 1.04 bits per heavy atom.